The molecule has 82 heavy (non-hydrogen) atoms. The molecule has 2 aromatic rings. The van der Waals surface area contributed by atoms with Crippen LogP contribution in [0, 0.1) is 0 Å². The highest BCUT2D eigenvalue weighted by molar-refractivity contribution is 5.86. The molecule has 2 saturated heterocycles. The summed E-state index contributed by atoms with van der Waals surface area (Å²) in [6.07, 6.45) is 9.11. The van der Waals surface area contributed by atoms with Crippen LogP contribution in [0.25, 0.3) is 0 Å². The molecule has 2 fully saturated rings. The average Bonchev–Trinajstić information content (AvgIpc) is 3.45. The maximum atomic E-state index is 12.4. The SMILES string of the molecule is NCCN(CC(=O)O)CC(Cc1ccc(Nc2nc(N3CCN(CCCCCCCCCCC(=O)NCCCC[C@H](NC(=O)N[C@@H](CCC(=O)O)C(=O)O)C(=O)O)CC3)nc(N3CCN(CC(=O)O)CC3)n2)cc1)N(CCN)CC(=O)O. The lowest BCUT2D eigenvalue weighted by Crippen LogP contribution is -2.51. The van der Waals surface area contributed by atoms with Gasteiger partial charge in [-0.15, -0.1) is 0 Å². The van der Waals surface area contributed by atoms with Crippen molar-refractivity contribution in [1.29, 1.82) is 0 Å². The van der Waals surface area contributed by atoms with E-state index in [0.717, 1.165) is 76.6 Å². The van der Waals surface area contributed by atoms with Crippen LogP contribution in [0.5, 0.6) is 0 Å². The number of rotatable bonds is 42. The Morgan fingerprint density at radius 3 is 1.66 bits per heavy atom. The molecule has 1 unspecified atom stereocenters. The van der Waals surface area contributed by atoms with Crippen LogP contribution >= 0.6 is 0 Å². The highest BCUT2D eigenvalue weighted by atomic mass is 16.4. The van der Waals surface area contributed by atoms with Gasteiger partial charge in [-0.25, -0.2) is 14.4 Å². The molecule has 2 aliphatic heterocycles. The number of nitrogens with two attached hydrogens (primary N) is 2. The number of urea groups is 1. The van der Waals surface area contributed by atoms with Gasteiger partial charge in [-0.1, -0.05) is 50.7 Å². The summed E-state index contributed by atoms with van der Waals surface area (Å²) < 4.78 is 0. The third-order valence-corrected chi connectivity index (χ3v) is 14.2. The van der Waals surface area contributed by atoms with Crippen molar-refractivity contribution in [3.8, 4) is 0 Å². The van der Waals surface area contributed by atoms with Gasteiger partial charge >= 0.3 is 41.8 Å². The Kier molecular flexibility index (Phi) is 30.5. The lowest BCUT2D eigenvalue weighted by atomic mass is 10.0. The van der Waals surface area contributed by atoms with Gasteiger partial charge in [0.2, 0.25) is 23.8 Å². The molecule has 4 rings (SSSR count). The monoisotopic (exact) mass is 1160 g/mol. The third-order valence-electron chi connectivity index (χ3n) is 14.2. The number of anilines is 4. The summed E-state index contributed by atoms with van der Waals surface area (Å²) >= 11 is 0. The number of piperazine rings is 2. The summed E-state index contributed by atoms with van der Waals surface area (Å²) in [5, 5.41) is 66.6. The van der Waals surface area contributed by atoms with E-state index in [9.17, 15) is 63.9 Å². The predicted octanol–water partition coefficient (Wildman–Crippen LogP) is 0.413. The Morgan fingerprint density at radius 1 is 0.573 bits per heavy atom. The highest BCUT2D eigenvalue weighted by Gasteiger charge is 2.28. The maximum Gasteiger partial charge on any atom is 0.326 e. The number of unbranched alkanes of at least 4 members (excludes halogenated alkanes) is 8. The van der Waals surface area contributed by atoms with Crippen LogP contribution in [-0.4, -0.2) is 249 Å². The molecule has 0 spiro atoms. The van der Waals surface area contributed by atoms with Crippen molar-refractivity contribution in [2.75, 3.05) is 133 Å². The lowest BCUT2D eigenvalue weighted by Gasteiger charge is -2.36. The van der Waals surface area contributed by atoms with Gasteiger partial charge in [0.15, 0.2) is 0 Å². The number of aromatic nitrogens is 3. The number of carboxylic acid groups (broad SMARTS) is 6. The standard InChI is InChI=1S/C53H87N15O14/c54-19-23-65(36-46(74)75)34-40(68(24-20-55)37-47(76)77)33-38-13-15-39(16-14-38)57-50-60-51(62-52(61-50)67-31-27-64(28-32-67)35-45(72)73)66-29-25-63(26-30-66)22-10-6-4-2-1-3-5-7-12-43(69)56-21-9-8-11-41(48(78)79)58-53(82)59-42(49(80)81)17-18-44(70)71/h13-16,40-42H,1-12,17-37,54-55H2,(H,56,69)(H,70,71)(H,72,73)(H,74,75)(H,76,77)(H,78,79)(H,80,81)(H2,58,59,82)(H,57,60,61,62)/t40?,41-,42-/m0/s1. The lowest BCUT2D eigenvalue weighted by molar-refractivity contribution is -0.141. The Labute approximate surface area is 478 Å². The topological polar surface area (TPSA) is 416 Å². The van der Waals surface area contributed by atoms with E-state index in [1.165, 1.54) is 0 Å². The molecule has 1 aromatic carbocycles. The predicted molar refractivity (Wildman–Crippen MR) is 303 cm³/mol. The second-order valence-corrected chi connectivity index (χ2v) is 20.8. The van der Waals surface area contributed by atoms with Gasteiger partial charge < -0.3 is 73.2 Å². The van der Waals surface area contributed by atoms with Gasteiger partial charge in [-0.3, -0.25) is 43.6 Å². The van der Waals surface area contributed by atoms with Crippen LogP contribution < -0.4 is 42.5 Å². The zero-order valence-electron chi connectivity index (χ0n) is 47.0. The first-order valence-electron chi connectivity index (χ1n) is 28.4. The molecule has 3 heterocycles. The third kappa shape index (κ3) is 26.7. The minimum absolute atomic E-state index is 0.0422. The number of carboxylic acids is 6. The molecule has 0 bridgehead atoms. The quantitative estimate of drug-likeness (QED) is 0.0401. The summed E-state index contributed by atoms with van der Waals surface area (Å²) in [5.74, 6) is -5.59. The number of carbonyl (C=O) groups excluding carboxylic acids is 2. The van der Waals surface area contributed by atoms with Gasteiger partial charge in [-0.05, 0) is 69.2 Å². The summed E-state index contributed by atoms with van der Waals surface area (Å²) in [6.45, 7) is 7.42. The fraction of sp³-hybridized carbons (Fsp3) is 0.679. The van der Waals surface area contributed by atoms with E-state index < -0.39 is 60.4 Å². The molecule has 1 aromatic heterocycles. The fourth-order valence-electron chi connectivity index (χ4n) is 9.84. The fourth-order valence-corrected chi connectivity index (χ4v) is 9.84. The molecule has 29 heteroatoms. The van der Waals surface area contributed by atoms with Gasteiger partial charge in [-0.2, -0.15) is 15.0 Å². The van der Waals surface area contributed by atoms with E-state index >= 15 is 0 Å². The van der Waals surface area contributed by atoms with Crippen LogP contribution in [-0.2, 0) is 40.0 Å². The average molecular weight is 1160 g/mol. The number of hydrogen-bond donors (Lipinski definition) is 12. The van der Waals surface area contributed by atoms with Crippen molar-refractivity contribution in [3.63, 3.8) is 0 Å². The van der Waals surface area contributed by atoms with Crippen LogP contribution in [0.15, 0.2) is 24.3 Å². The van der Waals surface area contributed by atoms with Gasteiger partial charge in [0.25, 0.3) is 0 Å². The van der Waals surface area contributed by atoms with Gasteiger partial charge in [0, 0.05) is 116 Å². The zero-order valence-corrected chi connectivity index (χ0v) is 47.0. The number of carbonyl (C=O) groups is 8. The first-order chi connectivity index (χ1) is 39.3. The Bertz CT molecular complexity index is 2320. The number of benzene rings is 1. The smallest absolute Gasteiger partial charge is 0.326 e. The molecule has 3 atom stereocenters. The van der Waals surface area contributed by atoms with Crippen molar-refractivity contribution >= 4 is 71.3 Å². The number of amides is 3. The Morgan fingerprint density at radius 2 is 1.12 bits per heavy atom. The largest absolute Gasteiger partial charge is 0.481 e. The van der Waals surface area contributed by atoms with Gasteiger partial charge in [0.05, 0.1) is 19.6 Å². The first kappa shape index (κ1) is 67.5. The van der Waals surface area contributed by atoms with E-state index in [1.807, 2.05) is 34.1 Å². The number of nitrogens with zero attached hydrogens (tertiary/aromatic N) is 9. The van der Waals surface area contributed by atoms with Gasteiger partial charge in [0.1, 0.15) is 12.1 Å². The Hall–Kier alpha value is -7.05. The molecule has 2 aliphatic rings. The number of nitrogens with one attached hydrogen (secondary N) is 4. The minimum Gasteiger partial charge on any atom is -0.481 e. The molecule has 0 radical (unpaired) electrons. The van der Waals surface area contributed by atoms with Crippen LogP contribution in [0.1, 0.15) is 95.5 Å². The second-order valence-electron chi connectivity index (χ2n) is 20.8. The molecular formula is C53H87N15O14. The molecule has 3 amide bonds. The van der Waals surface area contributed by atoms with E-state index in [0.29, 0.717) is 108 Å². The second kappa shape index (κ2) is 37.1. The van der Waals surface area contributed by atoms with E-state index in [-0.39, 0.29) is 64.1 Å². The zero-order chi connectivity index (χ0) is 59.8. The molecule has 0 aliphatic carbocycles. The number of hydrogen-bond acceptors (Lipinski definition) is 20. The van der Waals surface area contributed by atoms with Crippen LogP contribution in [0.2, 0.25) is 0 Å². The summed E-state index contributed by atoms with van der Waals surface area (Å²) in [4.78, 5) is 120. The van der Waals surface area contributed by atoms with Crippen molar-refractivity contribution in [2.45, 2.75) is 114 Å². The molecular weight excluding hydrogens is 1070 g/mol. The summed E-state index contributed by atoms with van der Waals surface area (Å²) in [5.41, 5.74) is 13.3. The maximum absolute atomic E-state index is 12.4. The molecule has 29 nitrogen and oxygen atoms in total. The molecule has 0 saturated carbocycles. The molecule has 458 valence electrons. The van der Waals surface area contributed by atoms with E-state index in [4.69, 9.17) is 31.5 Å². The summed E-state index contributed by atoms with van der Waals surface area (Å²) in [6, 6.07) is 3.44. The minimum atomic E-state index is -1.49. The van der Waals surface area contributed by atoms with Crippen LogP contribution in [0.4, 0.5) is 28.3 Å². The Balaban J connectivity index is 1.19. The van der Waals surface area contributed by atoms with Crippen LogP contribution in [0.3, 0.4) is 0 Å². The van der Waals surface area contributed by atoms with Crippen molar-refractivity contribution in [2.24, 2.45) is 11.5 Å². The molecule has 14 N–H and O–H groups in total. The van der Waals surface area contributed by atoms with Crippen molar-refractivity contribution in [3.05, 3.63) is 29.8 Å². The first-order valence-corrected chi connectivity index (χ1v) is 28.4. The number of aliphatic carboxylic acids is 6. The van der Waals surface area contributed by atoms with E-state index in [2.05, 4.69) is 31.1 Å². The van der Waals surface area contributed by atoms with Crippen molar-refractivity contribution in [1.82, 2.24) is 50.5 Å². The highest BCUT2D eigenvalue weighted by Crippen LogP contribution is 2.24. The normalized spacial score (nSPS) is 15.2. The van der Waals surface area contributed by atoms with E-state index in [1.54, 1.807) is 9.80 Å². The summed E-state index contributed by atoms with van der Waals surface area (Å²) in [7, 11) is 0. The van der Waals surface area contributed by atoms with Crippen molar-refractivity contribution < 1.29 is 69.0 Å².